The number of fused-ring (bicyclic) bond motifs is 2. The zero-order valence-corrected chi connectivity index (χ0v) is 35.8. The monoisotopic (exact) mass is 808 g/mol. The Kier molecular flexibility index (Phi) is 17.6. The van der Waals surface area contributed by atoms with Crippen LogP contribution in [0.5, 0.6) is 0 Å². The van der Waals surface area contributed by atoms with E-state index in [0.29, 0.717) is 12.0 Å². The van der Waals surface area contributed by atoms with E-state index in [4.69, 9.17) is 33.2 Å². The molecule has 57 heavy (non-hydrogen) atoms. The molecule has 0 spiro atoms. The first-order chi connectivity index (χ1) is 26.8. The highest BCUT2D eigenvalue weighted by Crippen LogP contribution is 2.42. The highest BCUT2D eigenvalue weighted by atomic mass is 16.7. The average Bonchev–Trinajstić information content (AvgIpc) is 3.26. The second-order valence-corrected chi connectivity index (χ2v) is 17.3. The first-order valence-corrected chi connectivity index (χ1v) is 21.0. The molecule has 17 atom stereocenters. The zero-order chi connectivity index (χ0) is 42.2. The largest absolute Gasteiger partial charge is 0.456 e. The van der Waals surface area contributed by atoms with E-state index in [2.05, 4.69) is 6.92 Å². The van der Waals surface area contributed by atoms with Crippen LogP contribution >= 0.6 is 0 Å². The Morgan fingerprint density at radius 2 is 1.77 bits per heavy atom. The van der Waals surface area contributed by atoms with Gasteiger partial charge in [-0.05, 0) is 53.5 Å². The Hall–Kier alpha value is -2.01. The maximum Gasteiger partial charge on any atom is 0.331 e. The number of methoxy groups -OCH3 is 1. The minimum absolute atomic E-state index is 0.00431. The first-order valence-electron chi connectivity index (χ1n) is 21.0. The molecule has 326 valence electrons. The third-order valence-electron chi connectivity index (χ3n) is 12.8. The van der Waals surface area contributed by atoms with Crippen molar-refractivity contribution in [2.24, 2.45) is 23.7 Å². The Bertz CT molecular complexity index is 1400. The van der Waals surface area contributed by atoms with Crippen LogP contribution in [0.1, 0.15) is 107 Å². The predicted molar refractivity (Wildman–Crippen MR) is 213 cm³/mol. The summed E-state index contributed by atoms with van der Waals surface area (Å²) in [5.74, 6) is -4.60. The number of aliphatic hydroxyl groups is 5. The van der Waals surface area contributed by atoms with Gasteiger partial charge in [0.2, 0.25) is 0 Å². The Morgan fingerprint density at radius 1 is 1.05 bits per heavy atom. The number of hydrogen-bond donors (Lipinski definition) is 5. The summed E-state index contributed by atoms with van der Waals surface area (Å²) < 4.78 is 42.7. The molecule has 0 aliphatic carbocycles. The van der Waals surface area contributed by atoms with Crippen LogP contribution in [0, 0.1) is 23.7 Å². The van der Waals surface area contributed by atoms with E-state index >= 15 is 0 Å². The van der Waals surface area contributed by atoms with Crippen molar-refractivity contribution in [2.75, 3.05) is 13.9 Å². The quantitative estimate of drug-likeness (QED) is 0.139. The fraction of sp³-hybridized carbons (Fsp3) is 0.795. The molecule has 2 bridgehead atoms. The fourth-order valence-corrected chi connectivity index (χ4v) is 8.73. The van der Waals surface area contributed by atoms with Gasteiger partial charge in [0, 0.05) is 49.7 Å². The summed E-state index contributed by atoms with van der Waals surface area (Å²) in [6.45, 7) is 16.7. The Morgan fingerprint density at radius 3 is 2.44 bits per heavy atom. The molecule has 4 aliphatic heterocycles. The molecule has 0 unspecified atom stereocenters. The number of carbonyl (C=O) groups is 1. The normalized spacial score (nSPS) is 44.6. The molecule has 0 saturated carbocycles. The van der Waals surface area contributed by atoms with E-state index in [0.717, 1.165) is 31.3 Å². The molecule has 0 aromatic carbocycles. The van der Waals surface area contributed by atoms with Crippen molar-refractivity contribution in [3.8, 4) is 0 Å². The average molecular weight is 809 g/mol. The molecule has 0 aromatic heterocycles. The van der Waals surface area contributed by atoms with Gasteiger partial charge in [0.1, 0.15) is 30.7 Å². The molecule has 0 aromatic rings. The molecule has 0 amide bonds. The lowest BCUT2D eigenvalue weighted by Gasteiger charge is -2.49. The number of ether oxygens (including phenoxy) is 7. The predicted octanol–water partition coefficient (Wildman–Crippen LogP) is 5.02. The Balaban J connectivity index is 1.61. The van der Waals surface area contributed by atoms with Crippen LogP contribution in [0.15, 0.2) is 47.6 Å². The van der Waals surface area contributed by atoms with Crippen LogP contribution in [0.2, 0.25) is 0 Å². The molecule has 3 fully saturated rings. The number of aliphatic hydroxyl groups excluding tert-OH is 4. The van der Waals surface area contributed by atoms with Crippen LogP contribution in [-0.4, -0.2) is 124 Å². The third kappa shape index (κ3) is 12.1. The van der Waals surface area contributed by atoms with Crippen molar-refractivity contribution < 1.29 is 63.5 Å². The molecule has 4 rings (SSSR count). The second kappa shape index (κ2) is 21.0. The van der Waals surface area contributed by atoms with Gasteiger partial charge in [-0.15, -0.1) is 0 Å². The third-order valence-corrected chi connectivity index (χ3v) is 12.8. The smallest absolute Gasteiger partial charge is 0.331 e. The van der Waals surface area contributed by atoms with E-state index in [1.807, 2.05) is 52.8 Å². The summed E-state index contributed by atoms with van der Waals surface area (Å²) in [5.41, 5.74) is 0.589. The molecule has 13 heteroatoms. The number of carbonyl (C=O) groups excluding carboxylic acids is 1. The van der Waals surface area contributed by atoms with Gasteiger partial charge >= 0.3 is 5.97 Å². The van der Waals surface area contributed by atoms with Crippen molar-refractivity contribution in [1.29, 1.82) is 0 Å². The van der Waals surface area contributed by atoms with E-state index in [-0.39, 0.29) is 37.6 Å². The van der Waals surface area contributed by atoms with E-state index < -0.39 is 90.4 Å². The van der Waals surface area contributed by atoms with E-state index in [1.165, 1.54) is 13.2 Å². The molecule has 4 aliphatic rings. The topological polar surface area (TPSA) is 183 Å². The summed E-state index contributed by atoms with van der Waals surface area (Å²) >= 11 is 0. The molecule has 4 heterocycles. The van der Waals surface area contributed by atoms with Gasteiger partial charge in [-0.25, -0.2) is 4.79 Å². The van der Waals surface area contributed by atoms with Gasteiger partial charge in [0.25, 0.3) is 0 Å². The van der Waals surface area contributed by atoms with Gasteiger partial charge in [0.05, 0.1) is 42.7 Å². The summed E-state index contributed by atoms with van der Waals surface area (Å²) in [5, 5.41) is 56.5. The van der Waals surface area contributed by atoms with Crippen molar-refractivity contribution in [1.82, 2.24) is 0 Å². The SMILES string of the molecule is CCCCC[C@@H]1OCO[C@@]2(C)/C=C(C)\C=C\C(=O)O[C@H]([C@@H](C)[C@@H](O)[C@H](C)[C@@]3(O)C[C@@H](O[C@H]4C[C@@H](O)[C@H](O)[C@@H](C)O4)[C@H](C)[C@@H](C)O3)[C@@H](OC)/C=C\C=C(/C)C[C@H]1[C@@H]2O. The molecular formula is C44H72O13. The van der Waals surface area contributed by atoms with E-state index in [9.17, 15) is 30.3 Å². The van der Waals surface area contributed by atoms with Crippen molar-refractivity contribution >= 4 is 5.97 Å². The van der Waals surface area contributed by atoms with E-state index in [1.54, 1.807) is 32.9 Å². The van der Waals surface area contributed by atoms with Gasteiger partial charge < -0.3 is 58.7 Å². The number of hydrogen-bond acceptors (Lipinski definition) is 13. The standard InChI is InChI=1S/C44H72O13/c1-11-12-13-16-34-32-20-25(2)15-14-17-35(51-10)41(56-37(46)19-18-26(3)22-43(9,42(32)49)53-24-52-34)28(5)39(47)29(6)44(50)23-36(27(4)30(7)57-44)55-38-21-33(45)40(48)31(8)54-38/h14-15,17-19,22,27-36,38-42,45,47-50H,11-13,16,20-21,23-24H2,1-10H3/b17-14-,19-18+,25-15+,26-22-/t27-,28+,29+,30-,31-,32-,33-,34+,35+,36-,38+,39-,40-,41-,42+,43+,44-/m1/s1. The first kappa shape index (κ1) is 47.7. The maximum atomic E-state index is 13.5. The fourth-order valence-electron chi connectivity index (χ4n) is 8.73. The number of allylic oxidation sites excluding steroid dienone is 5. The van der Waals surface area contributed by atoms with Gasteiger partial charge in [-0.3, -0.25) is 0 Å². The van der Waals surface area contributed by atoms with Crippen LogP contribution < -0.4 is 0 Å². The lowest BCUT2D eigenvalue weighted by atomic mass is 9.77. The van der Waals surface area contributed by atoms with Crippen molar-refractivity contribution in [2.45, 2.75) is 186 Å². The van der Waals surface area contributed by atoms with Crippen molar-refractivity contribution in [3.05, 3.63) is 47.6 Å². The second-order valence-electron chi connectivity index (χ2n) is 17.3. The van der Waals surface area contributed by atoms with Crippen LogP contribution in [0.25, 0.3) is 0 Å². The van der Waals surface area contributed by atoms with Crippen LogP contribution in [0.3, 0.4) is 0 Å². The van der Waals surface area contributed by atoms with Crippen molar-refractivity contribution in [3.63, 3.8) is 0 Å². The van der Waals surface area contributed by atoms with Crippen LogP contribution in [0.4, 0.5) is 0 Å². The summed E-state index contributed by atoms with van der Waals surface area (Å²) in [6.07, 6.45) is 6.16. The van der Waals surface area contributed by atoms with Crippen LogP contribution in [-0.2, 0) is 38.0 Å². The zero-order valence-electron chi connectivity index (χ0n) is 35.8. The highest BCUT2D eigenvalue weighted by Gasteiger charge is 2.52. The molecule has 13 nitrogen and oxygen atoms in total. The number of esters is 1. The minimum atomic E-state index is -1.84. The molecule has 3 saturated heterocycles. The summed E-state index contributed by atoms with van der Waals surface area (Å²) in [4.78, 5) is 13.5. The molecule has 0 radical (unpaired) electrons. The lowest BCUT2D eigenvalue weighted by molar-refractivity contribution is -0.343. The maximum absolute atomic E-state index is 13.5. The summed E-state index contributed by atoms with van der Waals surface area (Å²) in [7, 11) is 1.50. The Labute approximate surface area is 340 Å². The molecule has 5 N–H and O–H groups in total. The van der Waals surface area contributed by atoms with Gasteiger partial charge in [0.15, 0.2) is 12.1 Å². The lowest BCUT2D eigenvalue weighted by Crippen LogP contribution is -2.59. The summed E-state index contributed by atoms with van der Waals surface area (Å²) in [6, 6.07) is 0. The van der Waals surface area contributed by atoms with Gasteiger partial charge in [-0.1, -0.05) is 82.4 Å². The minimum Gasteiger partial charge on any atom is -0.456 e. The highest BCUT2D eigenvalue weighted by molar-refractivity contribution is 5.82. The number of rotatable bonds is 11. The molecular weight excluding hydrogens is 736 g/mol. The number of cyclic esters (lactones) is 1. The van der Waals surface area contributed by atoms with Gasteiger partial charge in [-0.2, -0.15) is 0 Å². The number of unbranched alkanes of at least 4 members (excludes halogenated alkanes) is 2.